The number of aromatic nitrogens is 1. The average molecular weight is 286 g/mol. The van der Waals surface area contributed by atoms with Crippen LogP contribution in [0.15, 0.2) is 42.7 Å². The zero-order chi connectivity index (χ0) is 15.4. The zero-order valence-electron chi connectivity index (χ0n) is 12.0. The molecular weight excluding hydrogens is 268 g/mol. The lowest BCUT2D eigenvalue weighted by Crippen LogP contribution is -2.33. The van der Waals surface area contributed by atoms with E-state index in [1.807, 2.05) is 30.3 Å². The van der Waals surface area contributed by atoms with E-state index in [2.05, 4.69) is 4.98 Å². The first-order chi connectivity index (χ1) is 10.0. The van der Waals surface area contributed by atoms with Gasteiger partial charge in [0.1, 0.15) is 0 Å². The number of carboxylic acid groups (broad SMARTS) is 1. The molecule has 1 atom stereocenters. The number of aliphatic carboxylic acids is 1. The number of carbonyl (C=O) groups is 2. The fraction of sp³-hybridized carbons (Fsp3) is 0.250. The van der Waals surface area contributed by atoms with Gasteiger partial charge in [-0.25, -0.2) is 0 Å². The van der Waals surface area contributed by atoms with Crippen molar-refractivity contribution in [2.75, 3.05) is 13.6 Å². The maximum absolute atomic E-state index is 12.5. The predicted octanol–water partition coefficient (Wildman–Crippen LogP) is 2.47. The quantitative estimate of drug-likeness (QED) is 0.886. The third kappa shape index (κ3) is 3.31. The minimum absolute atomic E-state index is 0.174. The number of aromatic amines is 1. The molecule has 2 N–H and O–H groups in total. The molecule has 0 saturated carbocycles. The van der Waals surface area contributed by atoms with Gasteiger partial charge >= 0.3 is 5.97 Å². The third-order valence-corrected chi connectivity index (χ3v) is 3.38. The second-order valence-electron chi connectivity index (χ2n) is 5.07. The number of hydrogen-bond donors (Lipinski definition) is 2. The smallest absolute Gasteiger partial charge is 0.308 e. The summed E-state index contributed by atoms with van der Waals surface area (Å²) in [4.78, 5) is 27.7. The Morgan fingerprint density at radius 1 is 1.24 bits per heavy atom. The highest BCUT2D eigenvalue weighted by atomic mass is 16.4. The molecule has 0 radical (unpaired) electrons. The van der Waals surface area contributed by atoms with Crippen LogP contribution in [0.4, 0.5) is 0 Å². The Kier molecular flexibility index (Phi) is 4.42. The zero-order valence-corrected chi connectivity index (χ0v) is 12.0. The average Bonchev–Trinajstić information content (AvgIpc) is 2.96. The fourth-order valence-corrected chi connectivity index (χ4v) is 2.17. The van der Waals surface area contributed by atoms with Crippen LogP contribution in [0, 0.1) is 5.92 Å². The lowest BCUT2D eigenvalue weighted by molar-refractivity contribution is -0.141. The Morgan fingerprint density at radius 3 is 2.52 bits per heavy atom. The summed E-state index contributed by atoms with van der Waals surface area (Å²) in [7, 11) is 1.61. The van der Waals surface area contributed by atoms with Gasteiger partial charge in [0.2, 0.25) is 0 Å². The second-order valence-corrected chi connectivity index (χ2v) is 5.07. The van der Waals surface area contributed by atoms with Crippen LogP contribution in [0.25, 0.3) is 11.1 Å². The van der Waals surface area contributed by atoms with Gasteiger partial charge in [-0.3, -0.25) is 9.59 Å². The van der Waals surface area contributed by atoms with E-state index in [9.17, 15) is 9.59 Å². The summed E-state index contributed by atoms with van der Waals surface area (Å²) in [6.45, 7) is 1.76. The summed E-state index contributed by atoms with van der Waals surface area (Å²) in [5.74, 6) is -1.70. The molecule has 110 valence electrons. The van der Waals surface area contributed by atoms with Crippen LogP contribution < -0.4 is 0 Å². The molecular formula is C16H18N2O3. The van der Waals surface area contributed by atoms with Crippen molar-refractivity contribution in [1.82, 2.24) is 9.88 Å². The van der Waals surface area contributed by atoms with Crippen LogP contribution in [0.3, 0.4) is 0 Å². The number of rotatable bonds is 5. The molecule has 5 nitrogen and oxygen atoms in total. The molecule has 1 aromatic carbocycles. The molecule has 0 aliphatic carbocycles. The number of benzene rings is 1. The highest BCUT2D eigenvalue weighted by Crippen LogP contribution is 2.24. The van der Waals surface area contributed by atoms with Crippen LogP contribution in [0.2, 0.25) is 0 Å². The number of carbonyl (C=O) groups excluding carboxylic acids is 1. The SMILES string of the molecule is CC(CN(C)C(=O)c1c[nH]cc1-c1ccccc1)C(=O)O. The summed E-state index contributed by atoms with van der Waals surface area (Å²) >= 11 is 0. The van der Waals surface area contributed by atoms with Gasteiger partial charge in [0.15, 0.2) is 0 Å². The lowest BCUT2D eigenvalue weighted by Gasteiger charge is -2.19. The Balaban J connectivity index is 2.21. The summed E-state index contributed by atoms with van der Waals surface area (Å²) in [6.07, 6.45) is 3.42. The molecule has 5 heteroatoms. The van der Waals surface area contributed by atoms with Crippen molar-refractivity contribution in [2.24, 2.45) is 5.92 Å². The van der Waals surface area contributed by atoms with Gasteiger partial charge in [-0.2, -0.15) is 0 Å². The largest absolute Gasteiger partial charge is 0.481 e. The minimum atomic E-state index is -0.910. The van der Waals surface area contributed by atoms with Gasteiger partial charge in [0.25, 0.3) is 5.91 Å². The lowest BCUT2D eigenvalue weighted by atomic mass is 10.0. The molecule has 0 spiro atoms. The van der Waals surface area contributed by atoms with E-state index in [1.165, 1.54) is 4.90 Å². The van der Waals surface area contributed by atoms with E-state index in [1.54, 1.807) is 26.4 Å². The first-order valence-corrected chi connectivity index (χ1v) is 6.71. The van der Waals surface area contributed by atoms with Crippen molar-refractivity contribution in [1.29, 1.82) is 0 Å². The Labute approximate surface area is 123 Å². The maximum Gasteiger partial charge on any atom is 0.308 e. The molecule has 21 heavy (non-hydrogen) atoms. The number of H-pyrrole nitrogens is 1. The molecule has 1 aromatic heterocycles. The first kappa shape index (κ1) is 14.8. The Morgan fingerprint density at radius 2 is 1.90 bits per heavy atom. The molecule has 0 bridgehead atoms. The second kappa shape index (κ2) is 6.26. The summed E-state index contributed by atoms with van der Waals surface area (Å²) in [6, 6.07) is 9.59. The fourth-order valence-electron chi connectivity index (χ4n) is 2.17. The van der Waals surface area contributed by atoms with Crippen molar-refractivity contribution in [3.8, 4) is 11.1 Å². The van der Waals surface area contributed by atoms with Gasteiger partial charge in [-0.05, 0) is 5.56 Å². The monoisotopic (exact) mass is 286 g/mol. The highest BCUT2D eigenvalue weighted by Gasteiger charge is 2.21. The topological polar surface area (TPSA) is 73.4 Å². The van der Waals surface area contributed by atoms with Crippen molar-refractivity contribution < 1.29 is 14.7 Å². The van der Waals surface area contributed by atoms with E-state index < -0.39 is 11.9 Å². The number of hydrogen-bond acceptors (Lipinski definition) is 2. The predicted molar refractivity (Wildman–Crippen MR) is 80.0 cm³/mol. The van der Waals surface area contributed by atoms with E-state index in [0.717, 1.165) is 11.1 Å². The maximum atomic E-state index is 12.5. The molecule has 0 saturated heterocycles. The molecule has 0 aliphatic rings. The molecule has 1 heterocycles. The van der Waals surface area contributed by atoms with Crippen LogP contribution in [-0.4, -0.2) is 40.5 Å². The van der Waals surface area contributed by atoms with Crippen molar-refractivity contribution in [3.05, 3.63) is 48.3 Å². The van der Waals surface area contributed by atoms with Gasteiger partial charge in [-0.1, -0.05) is 37.3 Å². The Bertz CT molecular complexity index is 634. The van der Waals surface area contributed by atoms with Gasteiger partial charge < -0.3 is 15.0 Å². The van der Waals surface area contributed by atoms with Crippen LogP contribution in [-0.2, 0) is 4.79 Å². The van der Waals surface area contributed by atoms with Crippen molar-refractivity contribution in [3.63, 3.8) is 0 Å². The van der Waals surface area contributed by atoms with E-state index in [4.69, 9.17) is 5.11 Å². The molecule has 1 unspecified atom stereocenters. The number of amides is 1. The third-order valence-electron chi connectivity index (χ3n) is 3.38. The molecule has 1 amide bonds. The van der Waals surface area contributed by atoms with Crippen LogP contribution in [0.5, 0.6) is 0 Å². The molecule has 2 aromatic rings. The van der Waals surface area contributed by atoms with Crippen molar-refractivity contribution in [2.45, 2.75) is 6.92 Å². The van der Waals surface area contributed by atoms with Crippen LogP contribution >= 0.6 is 0 Å². The number of nitrogens with zero attached hydrogens (tertiary/aromatic N) is 1. The molecule has 0 aliphatic heterocycles. The van der Waals surface area contributed by atoms with Gasteiger partial charge in [0.05, 0.1) is 11.5 Å². The standard InChI is InChI=1S/C16H18N2O3/c1-11(16(20)21)10-18(2)15(19)14-9-17-8-13(14)12-6-4-3-5-7-12/h3-9,11,17H,10H2,1-2H3,(H,20,21). The van der Waals surface area contributed by atoms with E-state index >= 15 is 0 Å². The normalized spacial score (nSPS) is 11.9. The van der Waals surface area contributed by atoms with Crippen molar-refractivity contribution >= 4 is 11.9 Å². The first-order valence-electron chi connectivity index (χ1n) is 6.71. The summed E-state index contributed by atoms with van der Waals surface area (Å²) in [5.41, 5.74) is 2.30. The van der Waals surface area contributed by atoms with Gasteiger partial charge in [0, 0.05) is 31.5 Å². The molecule has 0 fully saturated rings. The number of carboxylic acids is 1. The minimum Gasteiger partial charge on any atom is -0.481 e. The Hall–Kier alpha value is -2.56. The number of nitrogens with one attached hydrogen (secondary N) is 1. The molecule has 2 rings (SSSR count). The summed E-state index contributed by atoms with van der Waals surface area (Å²) in [5, 5.41) is 8.93. The summed E-state index contributed by atoms with van der Waals surface area (Å²) < 4.78 is 0. The van der Waals surface area contributed by atoms with Crippen LogP contribution in [0.1, 0.15) is 17.3 Å². The highest BCUT2D eigenvalue weighted by molar-refractivity contribution is 6.00. The van der Waals surface area contributed by atoms with E-state index in [0.29, 0.717) is 5.56 Å². The van der Waals surface area contributed by atoms with E-state index in [-0.39, 0.29) is 12.5 Å². The van der Waals surface area contributed by atoms with Gasteiger partial charge in [-0.15, -0.1) is 0 Å².